The lowest BCUT2D eigenvalue weighted by Crippen LogP contribution is -2.24. The second-order valence-electron chi connectivity index (χ2n) is 4.81. The highest BCUT2D eigenvalue weighted by Crippen LogP contribution is 2.26. The fourth-order valence-corrected chi connectivity index (χ4v) is 2.31. The molecule has 0 saturated carbocycles. The maximum atomic E-state index is 5.44. The van der Waals surface area contributed by atoms with Crippen LogP contribution in [0, 0.1) is 0 Å². The van der Waals surface area contributed by atoms with Crippen molar-refractivity contribution in [3.63, 3.8) is 0 Å². The van der Waals surface area contributed by atoms with Crippen LogP contribution in [0.25, 0.3) is 0 Å². The molecule has 2 aromatic rings. The molecule has 0 aliphatic heterocycles. The normalized spacial score (nSPS) is 12.1. The summed E-state index contributed by atoms with van der Waals surface area (Å²) in [6.45, 7) is 3.17. The van der Waals surface area contributed by atoms with E-state index >= 15 is 0 Å². The van der Waals surface area contributed by atoms with E-state index in [-0.39, 0.29) is 6.04 Å². The molecule has 3 heteroatoms. The molecule has 106 valence electrons. The third-order valence-electron chi connectivity index (χ3n) is 3.34. The van der Waals surface area contributed by atoms with Gasteiger partial charge in [0.25, 0.3) is 0 Å². The molecule has 0 spiro atoms. The lowest BCUT2D eigenvalue weighted by molar-refractivity contribution is 0.396. The number of rotatable bonds is 7. The Labute approximate surface area is 121 Å². The summed E-state index contributed by atoms with van der Waals surface area (Å²) in [5, 5.41) is 3.60. The standard InChI is InChI=1S/C17H22N2O/c1-3-10-19-16(12-14-7-5-4-6-8-14)15-9-11-18-13-17(15)20-2/h4-9,11,13,16,19H,3,10,12H2,1-2H3. The molecule has 1 heterocycles. The van der Waals surface area contributed by atoms with Crippen LogP contribution in [0.4, 0.5) is 0 Å². The Kier molecular flexibility index (Phi) is 5.56. The molecule has 0 bridgehead atoms. The predicted octanol–water partition coefficient (Wildman–Crippen LogP) is 3.37. The topological polar surface area (TPSA) is 34.2 Å². The third-order valence-corrected chi connectivity index (χ3v) is 3.34. The van der Waals surface area contributed by atoms with Crippen LogP contribution in [0.5, 0.6) is 5.75 Å². The highest BCUT2D eigenvalue weighted by molar-refractivity contribution is 5.34. The summed E-state index contributed by atoms with van der Waals surface area (Å²) in [5.74, 6) is 0.844. The zero-order chi connectivity index (χ0) is 14.2. The minimum atomic E-state index is 0.246. The molecule has 0 saturated heterocycles. The molecular weight excluding hydrogens is 248 g/mol. The number of hydrogen-bond donors (Lipinski definition) is 1. The monoisotopic (exact) mass is 270 g/mol. The number of ether oxygens (including phenoxy) is 1. The van der Waals surface area contributed by atoms with Gasteiger partial charge in [-0.1, -0.05) is 37.3 Å². The molecule has 0 amide bonds. The Bertz CT molecular complexity index is 513. The summed E-state index contributed by atoms with van der Waals surface area (Å²) >= 11 is 0. The maximum absolute atomic E-state index is 5.44. The van der Waals surface area contributed by atoms with Crippen molar-refractivity contribution in [2.45, 2.75) is 25.8 Å². The minimum Gasteiger partial charge on any atom is -0.495 e. The van der Waals surface area contributed by atoms with Crippen molar-refractivity contribution >= 4 is 0 Å². The fourth-order valence-electron chi connectivity index (χ4n) is 2.31. The Morgan fingerprint density at radius 2 is 2.00 bits per heavy atom. The molecule has 1 atom stereocenters. The summed E-state index contributed by atoms with van der Waals surface area (Å²) in [7, 11) is 1.69. The molecule has 0 aliphatic carbocycles. The van der Waals surface area contributed by atoms with E-state index in [2.05, 4.69) is 41.5 Å². The van der Waals surface area contributed by atoms with Crippen LogP contribution < -0.4 is 10.1 Å². The van der Waals surface area contributed by atoms with Crippen molar-refractivity contribution in [2.24, 2.45) is 0 Å². The van der Waals surface area contributed by atoms with E-state index in [4.69, 9.17) is 4.74 Å². The second kappa shape index (κ2) is 7.65. The Balaban J connectivity index is 2.22. The maximum Gasteiger partial charge on any atom is 0.141 e. The number of nitrogens with zero attached hydrogens (tertiary/aromatic N) is 1. The second-order valence-corrected chi connectivity index (χ2v) is 4.81. The van der Waals surface area contributed by atoms with Crippen LogP contribution in [-0.2, 0) is 6.42 Å². The van der Waals surface area contributed by atoms with Gasteiger partial charge in [0.2, 0.25) is 0 Å². The van der Waals surface area contributed by atoms with Crippen LogP contribution in [0.2, 0.25) is 0 Å². The average molecular weight is 270 g/mol. The summed E-state index contributed by atoms with van der Waals surface area (Å²) in [6, 6.07) is 12.8. The Morgan fingerprint density at radius 1 is 1.20 bits per heavy atom. The van der Waals surface area contributed by atoms with Crippen molar-refractivity contribution in [3.8, 4) is 5.75 Å². The van der Waals surface area contributed by atoms with Crippen LogP contribution >= 0.6 is 0 Å². The molecule has 0 fully saturated rings. The van der Waals surface area contributed by atoms with E-state index in [1.54, 1.807) is 13.3 Å². The van der Waals surface area contributed by atoms with Gasteiger partial charge in [-0.25, -0.2) is 0 Å². The molecule has 0 radical (unpaired) electrons. The lowest BCUT2D eigenvalue weighted by Gasteiger charge is -2.21. The van der Waals surface area contributed by atoms with Gasteiger partial charge in [-0.3, -0.25) is 4.98 Å². The zero-order valence-corrected chi connectivity index (χ0v) is 12.2. The smallest absolute Gasteiger partial charge is 0.141 e. The van der Waals surface area contributed by atoms with E-state index in [0.717, 1.165) is 25.1 Å². The van der Waals surface area contributed by atoms with Gasteiger partial charge in [0.05, 0.1) is 13.3 Å². The van der Waals surface area contributed by atoms with Gasteiger partial charge in [-0.15, -0.1) is 0 Å². The van der Waals surface area contributed by atoms with Crippen molar-refractivity contribution < 1.29 is 4.74 Å². The van der Waals surface area contributed by atoms with Gasteiger partial charge in [-0.05, 0) is 31.0 Å². The highest BCUT2D eigenvalue weighted by Gasteiger charge is 2.15. The predicted molar refractivity (Wildman–Crippen MR) is 82.0 cm³/mol. The van der Waals surface area contributed by atoms with Gasteiger partial charge in [0.15, 0.2) is 0 Å². The number of hydrogen-bond acceptors (Lipinski definition) is 3. The van der Waals surface area contributed by atoms with Crippen molar-refractivity contribution in [1.82, 2.24) is 10.3 Å². The molecule has 1 aromatic carbocycles. The van der Waals surface area contributed by atoms with Gasteiger partial charge in [0, 0.05) is 17.8 Å². The molecule has 2 rings (SSSR count). The van der Waals surface area contributed by atoms with Crippen molar-refractivity contribution in [3.05, 3.63) is 59.9 Å². The molecule has 1 N–H and O–H groups in total. The highest BCUT2D eigenvalue weighted by atomic mass is 16.5. The van der Waals surface area contributed by atoms with E-state index in [1.807, 2.05) is 18.3 Å². The Morgan fingerprint density at radius 3 is 2.70 bits per heavy atom. The first kappa shape index (κ1) is 14.5. The SMILES string of the molecule is CCCNC(Cc1ccccc1)c1ccncc1OC. The number of pyridine rings is 1. The summed E-state index contributed by atoms with van der Waals surface area (Å²) < 4.78 is 5.44. The quantitative estimate of drug-likeness (QED) is 0.837. The van der Waals surface area contributed by atoms with Crippen molar-refractivity contribution in [1.29, 1.82) is 0 Å². The molecule has 3 nitrogen and oxygen atoms in total. The number of aromatic nitrogens is 1. The average Bonchev–Trinajstić information content (AvgIpc) is 2.52. The summed E-state index contributed by atoms with van der Waals surface area (Å²) in [6.07, 6.45) is 5.66. The van der Waals surface area contributed by atoms with Crippen LogP contribution in [0.1, 0.15) is 30.5 Å². The third kappa shape index (κ3) is 3.81. The molecular formula is C17H22N2O. The fraction of sp³-hybridized carbons (Fsp3) is 0.353. The molecule has 1 unspecified atom stereocenters. The number of methoxy groups -OCH3 is 1. The first-order valence-electron chi connectivity index (χ1n) is 7.10. The Hall–Kier alpha value is -1.87. The summed E-state index contributed by atoms with van der Waals surface area (Å²) in [5.41, 5.74) is 2.49. The molecule has 0 aliphatic rings. The number of benzene rings is 1. The zero-order valence-electron chi connectivity index (χ0n) is 12.2. The summed E-state index contributed by atoms with van der Waals surface area (Å²) in [4.78, 5) is 4.13. The minimum absolute atomic E-state index is 0.246. The van der Waals surface area contributed by atoms with Crippen LogP contribution in [-0.4, -0.2) is 18.6 Å². The van der Waals surface area contributed by atoms with Crippen LogP contribution in [0.3, 0.4) is 0 Å². The van der Waals surface area contributed by atoms with E-state index in [0.29, 0.717) is 0 Å². The van der Waals surface area contributed by atoms with Gasteiger partial charge in [0.1, 0.15) is 5.75 Å². The van der Waals surface area contributed by atoms with Gasteiger partial charge in [-0.2, -0.15) is 0 Å². The lowest BCUT2D eigenvalue weighted by atomic mass is 9.99. The van der Waals surface area contributed by atoms with E-state index in [1.165, 1.54) is 11.1 Å². The first-order chi connectivity index (χ1) is 9.85. The van der Waals surface area contributed by atoms with Crippen LogP contribution in [0.15, 0.2) is 48.8 Å². The molecule has 1 aromatic heterocycles. The van der Waals surface area contributed by atoms with E-state index in [9.17, 15) is 0 Å². The molecule has 20 heavy (non-hydrogen) atoms. The van der Waals surface area contributed by atoms with E-state index < -0.39 is 0 Å². The first-order valence-corrected chi connectivity index (χ1v) is 7.10. The number of nitrogens with one attached hydrogen (secondary N) is 1. The van der Waals surface area contributed by atoms with Gasteiger partial charge >= 0.3 is 0 Å². The largest absolute Gasteiger partial charge is 0.495 e. The van der Waals surface area contributed by atoms with Crippen molar-refractivity contribution in [2.75, 3.05) is 13.7 Å². The van der Waals surface area contributed by atoms with Gasteiger partial charge < -0.3 is 10.1 Å².